The summed E-state index contributed by atoms with van der Waals surface area (Å²) in [6.45, 7) is 3.31. The van der Waals surface area contributed by atoms with E-state index < -0.39 is 11.7 Å². The average molecular weight is 436 g/mol. The number of nitrogen functional groups attached to an aromatic ring is 1. The van der Waals surface area contributed by atoms with Crippen LogP contribution in [0.3, 0.4) is 0 Å². The second-order valence-corrected chi connectivity index (χ2v) is 8.07. The van der Waals surface area contributed by atoms with Crippen molar-refractivity contribution in [1.29, 1.82) is 0 Å². The zero-order chi connectivity index (χ0) is 21.3. The molecule has 1 fully saturated rings. The third kappa shape index (κ3) is 3.99. The number of nitrogens with one attached hydrogen (secondary N) is 2. The van der Waals surface area contributed by atoms with Gasteiger partial charge in [-0.1, -0.05) is 35.5 Å². The number of rotatable bonds is 6. The van der Waals surface area contributed by atoms with Crippen molar-refractivity contribution in [3.63, 3.8) is 0 Å². The fourth-order valence-electron chi connectivity index (χ4n) is 3.38. The van der Waals surface area contributed by atoms with Crippen LogP contribution in [0.25, 0.3) is 0 Å². The van der Waals surface area contributed by atoms with Gasteiger partial charge in [0.1, 0.15) is 11.7 Å². The molecule has 30 heavy (non-hydrogen) atoms. The Kier molecular flexibility index (Phi) is 5.65. The zero-order valence-corrected chi connectivity index (χ0v) is 17.2. The van der Waals surface area contributed by atoms with Gasteiger partial charge in [0.2, 0.25) is 5.82 Å². The number of anilines is 3. The second kappa shape index (κ2) is 8.23. The van der Waals surface area contributed by atoms with Crippen LogP contribution < -0.4 is 21.4 Å². The highest BCUT2D eigenvalue weighted by Gasteiger charge is 2.39. The van der Waals surface area contributed by atoms with E-state index >= 15 is 8.78 Å². The molecule has 1 aromatic heterocycles. The van der Waals surface area contributed by atoms with Gasteiger partial charge in [0.25, 0.3) is 0 Å². The first-order valence-electron chi connectivity index (χ1n) is 9.60. The van der Waals surface area contributed by atoms with Crippen molar-refractivity contribution < 1.29 is 13.7 Å². The molecule has 2 atom stereocenters. The van der Waals surface area contributed by atoms with Crippen LogP contribution in [0, 0.1) is 0 Å². The summed E-state index contributed by atoms with van der Waals surface area (Å²) in [5, 5.41) is 6.98. The van der Waals surface area contributed by atoms with Gasteiger partial charge in [-0.3, -0.25) is 4.94 Å². The monoisotopic (exact) mass is 435 g/mol. The van der Waals surface area contributed by atoms with Crippen LogP contribution >= 0.6 is 12.6 Å². The molecule has 11 heteroatoms. The zero-order valence-electron chi connectivity index (χ0n) is 16.3. The number of alkyl halides is 2. The molecule has 2 aliphatic heterocycles. The lowest BCUT2D eigenvalue weighted by molar-refractivity contribution is 0.0330. The minimum atomic E-state index is -3.38. The Morgan fingerprint density at radius 2 is 2.10 bits per heavy atom. The van der Waals surface area contributed by atoms with Crippen molar-refractivity contribution in [1.82, 2.24) is 15.4 Å². The Hall–Kier alpha value is -2.66. The van der Waals surface area contributed by atoms with E-state index in [-0.39, 0.29) is 34.2 Å². The molecule has 0 amide bonds. The second-order valence-electron chi connectivity index (χ2n) is 7.34. The molecule has 0 radical (unpaired) electrons. The fourth-order valence-corrected chi connectivity index (χ4v) is 3.70. The lowest BCUT2D eigenvalue weighted by Gasteiger charge is -2.24. The van der Waals surface area contributed by atoms with Crippen molar-refractivity contribution in [2.75, 3.05) is 35.6 Å². The standard InChI is InChI=1S/C19H23F2N7OS/c1-11-14(27-29-26-11)9-23-16-15(22)17(28-8-7-13(30)10-28)25-18(24-16)19(20,21)12-5-3-2-4-6-12/h2-6,13-14,27,30H,7-10,22H2,1H3,(H,23,24,25). The fraction of sp³-hybridized carbons (Fsp3) is 0.421. The summed E-state index contributed by atoms with van der Waals surface area (Å²) in [5.74, 6) is -3.55. The Balaban J connectivity index is 1.71. The highest BCUT2D eigenvalue weighted by Crippen LogP contribution is 2.38. The Morgan fingerprint density at radius 1 is 1.33 bits per heavy atom. The van der Waals surface area contributed by atoms with Gasteiger partial charge >= 0.3 is 5.92 Å². The van der Waals surface area contributed by atoms with E-state index in [4.69, 9.17) is 10.7 Å². The van der Waals surface area contributed by atoms with E-state index in [0.717, 1.165) is 12.1 Å². The Morgan fingerprint density at radius 3 is 2.73 bits per heavy atom. The number of nitrogens with zero attached hydrogens (tertiary/aromatic N) is 4. The first kappa shape index (κ1) is 20.6. The quantitative estimate of drug-likeness (QED) is 0.517. The highest BCUT2D eigenvalue weighted by molar-refractivity contribution is 7.81. The molecule has 0 aliphatic carbocycles. The third-order valence-electron chi connectivity index (χ3n) is 5.17. The molecule has 1 aromatic carbocycles. The van der Waals surface area contributed by atoms with Crippen LogP contribution in [0.4, 0.5) is 26.1 Å². The first-order valence-corrected chi connectivity index (χ1v) is 10.1. The van der Waals surface area contributed by atoms with Crippen LogP contribution in [0.15, 0.2) is 35.5 Å². The topological polar surface area (TPSA) is 101 Å². The van der Waals surface area contributed by atoms with E-state index in [2.05, 4.69) is 38.5 Å². The van der Waals surface area contributed by atoms with Gasteiger partial charge in [-0.25, -0.2) is 9.97 Å². The maximum atomic E-state index is 15.3. The molecule has 8 nitrogen and oxygen atoms in total. The van der Waals surface area contributed by atoms with E-state index in [1.54, 1.807) is 25.1 Å². The minimum absolute atomic E-state index is 0.132. The maximum Gasteiger partial charge on any atom is 0.331 e. The van der Waals surface area contributed by atoms with Gasteiger partial charge < -0.3 is 16.0 Å². The molecule has 0 saturated carbocycles. The minimum Gasteiger partial charge on any atom is -0.393 e. The number of hydroxylamine groups is 1. The van der Waals surface area contributed by atoms with Crippen molar-refractivity contribution in [2.24, 2.45) is 5.16 Å². The number of oxime groups is 1. The number of benzene rings is 1. The summed E-state index contributed by atoms with van der Waals surface area (Å²) in [6, 6.07) is 7.27. The van der Waals surface area contributed by atoms with Gasteiger partial charge in [-0.05, 0) is 13.3 Å². The summed E-state index contributed by atoms with van der Waals surface area (Å²) in [5.41, 5.74) is 9.78. The van der Waals surface area contributed by atoms with Gasteiger partial charge in [-0.2, -0.15) is 21.4 Å². The molecule has 160 valence electrons. The molecule has 2 aliphatic rings. The molecule has 4 N–H and O–H groups in total. The number of hydrogen-bond acceptors (Lipinski definition) is 9. The van der Waals surface area contributed by atoms with Gasteiger partial charge in [0.15, 0.2) is 11.6 Å². The summed E-state index contributed by atoms with van der Waals surface area (Å²) in [4.78, 5) is 15.0. The molecule has 1 saturated heterocycles. The largest absolute Gasteiger partial charge is 0.393 e. The SMILES string of the molecule is CC1=NONC1CNc1nc(C(F)(F)c2ccccc2)nc(N2CCC(S)C2)c1N. The van der Waals surface area contributed by atoms with Crippen LogP contribution in [-0.4, -0.2) is 46.6 Å². The summed E-state index contributed by atoms with van der Waals surface area (Å²) in [6.07, 6.45) is 0.818. The predicted octanol–water partition coefficient (Wildman–Crippen LogP) is 2.40. The first-order chi connectivity index (χ1) is 14.4. The van der Waals surface area contributed by atoms with Gasteiger partial charge in [0, 0.05) is 30.4 Å². The number of hydrogen-bond donors (Lipinski definition) is 4. The molecule has 0 bridgehead atoms. The van der Waals surface area contributed by atoms with Crippen molar-refractivity contribution in [3.05, 3.63) is 41.7 Å². The number of thiol groups is 1. The lowest BCUT2D eigenvalue weighted by atomic mass is 10.1. The average Bonchev–Trinajstić information content (AvgIpc) is 3.35. The van der Waals surface area contributed by atoms with E-state index in [1.807, 2.05) is 4.90 Å². The van der Waals surface area contributed by atoms with Crippen molar-refractivity contribution in [3.8, 4) is 0 Å². The van der Waals surface area contributed by atoms with Gasteiger partial charge in [-0.15, -0.1) is 5.48 Å². The van der Waals surface area contributed by atoms with Crippen LogP contribution in [0.2, 0.25) is 0 Å². The van der Waals surface area contributed by atoms with Crippen molar-refractivity contribution >= 4 is 35.7 Å². The van der Waals surface area contributed by atoms with E-state index in [9.17, 15) is 0 Å². The van der Waals surface area contributed by atoms with Crippen LogP contribution in [-0.2, 0) is 10.9 Å². The summed E-state index contributed by atoms with van der Waals surface area (Å²) in [7, 11) is 0. The molecule has 3 heterocycles. The summed E-state index contributed by atoms with van der Waals surface area (Å²) >= 11 is 4.49. The number of aromatic nitrogens is 2. The summed E-state index contributed by atoms with van der Waals surface area (Å²) < 4.78 is 30.5. The molecule has 2 unspecified atom stereocenters. The third-order valence-corrected chi connectivity index (χ3v) is 5.59. The molecule has 0 spiro atoms. The molecular weight excluding hydrogens is 412 g/mol. The van der Waals surface area contributed by atoms with Crippen LogP contribution in [0.5, 0.6) is 0 Å². The Labute approximate surface area is 178 Å². The van der Waals surface area contributed by atoms with E-state index in [0.29, 0.717) is 19.6 Å². The van der Waals surface area contributed by atoms with Crippen LogP contribution in [0.1, 0.15) is 24.7 Å². The number of nitrogens with two attached hydrogens (primary N) is 1. The molecule has 4 rings (SSSR count). The molecular formula is C19H23F2N7OS. The smallest absolute Gasteiger partial charge is 0.331 e. The lowest BCUT2D eigenvalue weighted by Crippen LogP contribution is -2.36. The highest BCUT2D eigenvalue weighted by atomic mass is 32.1. The Bertz CT molecular complexity index is 944. The van der Waals surface area contributed by atoms with Gasteiger partial charge in [0.05, 0.1) is 5.71 Å². The van der Waals surface area contributed by atoms with Crippen molar-refractivity contribution in [2.45, 2.75) is 30.6 Å². The maximum absolute atomic E-state index is 15.3. The van der Waals surface area contributed by atoms with E-state index in [1.165, 1.54) is 12.1 Å². The molecule has 2 aromatic rings. The predicted molar refractivity (Wildman–Crippen MR) is 115 cm³/mol. The number of halogens is 2. The normalized spacial score (nSPS) is 21.5.